The molecule has 16 heavy (non-hydrogen) atoms. The molecule has 94 valence electrons. The van der Waals surface area contributed by atoms with E-state index in [0.717, 1.165) is 32.1 Å². The molecule has 0 aromatic carbocycles. The Morgan fingerprint density at radius 3 is 2.38 bits per heavy atom. The lowest BCUT2D eigenvalue weighted by Gasteiger charge is -2.08. The zero-order valence-corrected chi connectivity index (χ0v) is 11.3. The largest absolute Gasteiger partial charge is 0.469 e. The van der Waals surface area contributed by atoms with Crippen molar-refractivity contribution in [2.75, 3.05) is 13.4 Å². The molecule has 3 nitrogen and oxygen atoms in total. The van der Waals surface area contributed by atoms with E-state index < -0.39 is 0 Å². The van der Waals surface area contributed by atoms with E-state index in [0.29, 0.717) is 6.42 Å². The van der Waals surface area contributed by atoms with Crippen molar-refractivity contribution < 1.29 is 14.3 Å². The van der Waals surface area contributed by atoms with Gasteiger partial charge in [-0.15, -0.1) is 0 Å². The van der Waals surface area contributed by atoms with E-state index in [4.69, 9.17) is 0 Å². The van der Waals surface area contributed by atoms with Crippen LogP contribution in [0.2, 0.25) is 0 Å². The van der Waals surface area contributed by atoms with Crippen molar-refractivity contribution in [3.8, 4) is 0 Å². The second-order valence-electron chi connectivity index (χ2n) is 3.95. The molecule has 0 aromatic rings. The first-order valence-corrected chi connectivity index (χ1v) is 6.99. The van der Waals surface area contributed by atoms with Gasteiger partial charge >= 0.3 is 5.97 Å². The topological polar surface area (TPSA) is 43.4 Å². The predicted octanol–water partition coefficient (Wildman–Crippen LogP) is 3.03. The van der Waals surface area contributed by atoms with Gasteiger partial charge in [0.25, 0.3) is 0 Å². The standard InChI is InChI=1S/C12H22O3S/c1-10(12(14)15-2)8-6-4-5-7-9-11(13)16-3/h10H,4-9H2,1-3H3. The SMILES string of the molecule is COC(=O)C(C)CCCCCCC(=O)SC. The Hall–Kier alpha value is -0.510. The van der Waals surface area contributed by atoms with Crippen molar-refractivity contribution >= 4 is 22.8 Å². The molecule has 4 heteroatoms. The summed E-state index contributed by atoms with van der Waals surface area (Å²) in [5.74, 6) is -0.129. The summed E-state index contributed by atoms with van der Waals surface area (Å²) in [6.07, 6.45) is 7.52. The van der Waals surface area contributed by atoms with Gasteiger partial charge in [0, 0.05) is 6.42 Å². The molecule has 0 amide bonds. The predicted molar refractivity (Wildman–Crippen MR) is 67.4 cm³/mol. The second kappa shape index (κ2) is 9.70. The maximum Gasteiger partial charge on any atom is 0.308 e. The van der Waals surface area contributed by atoms with Crippen molar-refractivity contribution in [1.82, 2.24) is 0 Å². The van der Waals surface area contributed by atoms with Crippen LogP contribution < -0.4 is 0 Å². The highest BCUT2D eigenvalue weighted by Gasteiger charge is 2.11. The minimum Gasteiger partial charge on any atom is -0.469 e. The first-order valence-electron chi connectivity index (χ1n) is 5.76. The highest BCUT2D eigenvalue weighted by atomic mass is 32.2. The Morgan fingerprint density at radius 1 is 1.19 bits per heavy atom. The fraction of sp³-hybridized carbons (Fsp3) is 0.833. The number of esters is 1. The van der Waals surface area contributed by atoms with Gasteiger partial charge in [-0.05, 0) is 19.1 Å². The number of carbonyl (C=O) groups excluding carboxylic acids is 2. The van der Waals surface area contributed by atoms with Gasteiger partial charge in [-0.2, -0.15) is 0 Å². The number of ether oxygens (including phenoxy) is 1. The molecule has 1 unspecified atom stereocenters. The molecule has 0 aromatic heterocycles. The molecule has 0 saturated carbocycles. The number of unbranched alkanes of at least 4 members (excludes halogenated alkanes) is 3. The molecule has 1 atom stereocenters. The monoisotopic (exact) mass is 246 g/mol. The smallest absolute Gasteiger partial charge is 0.308 e. The summed E-state index contributed by atoms with van der Waals surface area (Å²) in [6.45, 7) is 1.89. The van der Waals surface area contributed by atoms with Gasteiger partial charge in [0.15, 0.2) is 5.12 Å². The number of thioether (sulfide) groups is 1. The zero-order chi connectivity index (χ0) is 12.4. The highest BCUT2D eigenvalue weighted by molar-refractivity contribution is 8.13. The van der Waals surface area contributed by atoms with Gasteiger partial charge in [0.1, 0.15) is 0 Å². The van der Waals surface area contributed by atoms with Gasteiger partial charge in [-0.3, -0.25) is 9.59 Å². The van der Waals surface area contributed by atoms with Crippen LogP contribution in [0, 0.1) is 5.92 Å². The number of methoxy groups -OCH3 is 1. The normalized spacial score (nSPS) is 12.2. The van der Waals surface area contributed by atoms with Gasteiger partial charge in [-0.1, -0.05) is 37.9 Å². The van der Waals surface area contributed by atoms with Crippen LogP contribution in [0.1, 0.15) is 45.4 Å². The van der Waals surface area contributed by atoms with E-state index in [1.165, 1.54) is 18.9 Å². The maximum atomic E-state index is 11.1. The third-order valence-corrected chi connectivity index (χ3v) is 3.26. The molecule has 0 rings (SSSR count). The Bertz CT molecular complexity index is 216. The van der Waals surface area contributed by atoms with Crippen LogP contribution in [0.5, 0.6) is 0 Å². The molecule has 0 spiro atoms. The van der Waals surface area contributed by atoms with Gasteiger partial charge in [-0.25, -0.2) is 0 Å². The third-order valence-electron chi connectivity index (χ3n) is 2.60. The van der Waals surface area contributed by atoms with Crippen molar-refractivity contribution in [3.63, 3.8) is 0 Å². The molecule has 0 saturated heterocycles. The van der Waals surface area contributed by atoms with Crippen LogP contribution in [-0.2, 0) is 14.3 Å². The average molecular weight is 246 g/mol. The fourth-order valence-corrected chi connectivity index (χ4v) is 1.84. The molecule has 0 N–H and O–H groups in total. The summed E-state index contributed by atoms with van der Waals surface area (Å²) in [4.78, 5) is 22.1. The molecule has 0 heterocycles. The Morgan fingerprint density at radius 2 is 1.81 bits per heavy atom. The van der Waals surface area contributed by atoms with E-state index in [2.05, 4.69) is 4.74 Å². The molecular weight excluding hydrogens is 224 g/mol. The van der Waals surface area contributed by atoms with E-state index >= 15 is 0 Å². The van der Waals surface area contributed by atoms with Crippen LogP contribution in [-0.4, -0.2) is 24.5 Å². The van der Waals surface area contributed by atoms with Crippen LogP contribution >= 0.6 is 11.8 Å². The first kappa shape index (κ1) is 15.5. The molecule has 0 aliphatic carbocycles. The van der Waals surface area contributed by atoms with Crippen LogP contribution in [0.25, 0.3) is 0 Å². The number of hydrogen-bond donors (Lipinski definition) is 0. The van der Waals surface area contributed by atoms with Gasteiger partial charge < -0.3 is 4.74 Å². The molecular formula is C12H22O3S. The summed E-state index contributed by atoms with van der Waals surface area (Å²) in [5, 5.41) is 0.267. The third kappa shape index (κ3) is 7.74. The average Bonchev–Trinajstić information content (AvgIpc) is 2.31. The first-order chi connectivity index (χ1) is 7.61. The Labute approximate surface area is 102 Å². The minimum atomic E-state index is -0.127. The number of carbonyl (C=O) groups is 2. The van der Waals surface area contributed by atoms with E-state index in [9.17, 15) is 9.59 Å². The van der Waals surface area contributed by atoms with Crippen LogP contribution in [0.3, 0.4) is 0 Å². The molecule has 0 radical (unpaired) electrons. The molecule has 0 fully saturated rings. The summed E-state index contributed by atoms with van der Waals surface area (Å²) in [7, 11) is 1.42. The van der Waals surface area contributed by atoms with Crippen molar-refractivity contribution in [1.29, 1.82) is 0 Å². The number of rotatable bonds is 8. The molecule has 0 bridgehead atoms. The van der Waals surface area contributed by atoms with Crippen molar-refractivity contribution in [2.24, 2.45) is 5.92 Å². The lowest BCUT2D eigenvalue weighted by molar-refractivity contribution is -0.145. The Balaban J connectivity index is 3.33. The summed E-state index contributed by atoms with van der Waals surface area (Å²) in [5.41, 5.74) is 0. The summed E-state index contributed by atoms with van der Waals surface area (Å²) >= 11 is 1.30. The van der Waals surface area contributed by atoms with E-state index in [1.54, 1.807) is 0 Å². The van der Waals surface area contributed by atoms with Crippen LogP contribution in [0.15, 0.2) is 0 Å². The minimum absolute atomic E-state index is 0.00201. The number of hydrogen-bond acceptors (Lipinski definition) is 4. The fourth-order valence-electron chi connectivity index (χ4n) is 1.49. The van der Waals surface area contributed by atoms with Gasteiger partial charge in [0.2, 0.25) is 0 Å². The van der Waals surface area contributed by atoms with E-state index in [-0.39, 0.29) is 17.0 Å². The van der Waals surface area contributed by atoms with Crippen molar-refractivity contribution in [3.05, 3.63) is 0 Å². The molecule has 0 aliphatic heterocycles. The lowest BCUT2D eigenvalue weighted by Crippen LogP contribution is -2.12. The lowest BCUT2D eigenvalue weighted by atomic mass is 10.0. The van der Waals surface area contributed by atoms with Crippen LogP contribution in [0.4, 0.5) is 0 Å². The Kier molecular flexibility index (Phi) is 9.39. The van der Waals surface area contributed by atoms with E-state index in [1.807, 2.05) is 13.2 Å². The molecule has 0 aliphatic rings. The summed E-state index contributed by atoms with van der Waals surface area (Å²) < 4.78 is 4.65. The maximum absolute atomic E-state index is 11.1. The summed E-state index contributed by atoms with van der Waals surface area (Å²) in [6, 6.07) is 0. The zero-order valence-electron chi connectivity index (χ0n) is 10.5. The second-order valence-corrected chi connectivity index (χ2v) is 4.82. The van der Waals surface area contributed by atoms with Crippen molar-refractivity contribution in [2.45, 2.75) is 45.4 Å². The highest BCUT2D eigenvalue weighted by Crippen LogP contribution is 2.13. The van der Waals surface area contributed by atoms with Gasteiger partial charge in [0.05, 0.1) is 13.0 Å². The quantitative estimate of drug-likeness (QED) is 0.488.